The van der Waals surface area contributed by atoms with Crippen LogP contribution in [0, 0.1) is 24.0 Å². The fourth-order valence-corrected chi connectivity index (χ4v) is 4.45. The molecule has 0 radical (unpaired) electrons. The highest BCUT2D eigenvalue weighted by molar-refractivity contribution is 5.94. The predicted molar refractivity (Wildman–Crippen MR) is 128 cm³/mol. The molecule has 1 aliphatic rings. The first kappa shape index (κ1) is 23.7. The summed E-state index contributed by atoms with van der Waals surface area (Å²) in [6.45, 7) is 9.52. The smallest absolute Gasteiger partial charge is 0.340 e. The van der Waals surface area contributed by atoms with Crippen LogP contribution in [-0.4, -0.2) is 24.2 Å². The molecule has 0 aliphatic carbocycles. The highest BCUT2D eigenvalue weighted by Gasteiger charge is 2.27. The summed E-state index contributed by atoms with van der Waals surface area (Å²) in [4.78, 5) is 26.6. The molecular weight excluding hydrogens is 442 g/mol. The van der Waals surface area contributed by atoms with Gasteiger partial charge >= 0.3 is 5.97 Å². The third-order valence-corrected chi connectivity index (χ3v) is 6.52. The first-order chi connectivity index (χ1) is 15.9. The number of nitrogens with zero attached hydrogens (tertiary/aromatic N) is 1. The van der Waals surface area contributed by atoms with E-state index >= 15 is 0 Å². The molecule has 0 saturated carbocycles. The van der Waals surface area contributed by atoms with Crippen LogP contribution < -0.4 is 15.6 Å². The second-order valence-corrected chi connectivity index (χ2v) is 9.81. The van der Waals surface area contributed by atoms with Crippen LogP contribution in [0.1, 0.15) is 61.1 Å². The maximum atomic E-state index is 14.2. The van der Waals surface area contributed by atoms with Gasteiger partial charge in [0.15, 0.2) is 11.3 Å². The minimum atomic E-state index is -1.51. The molecule has 1 saturated heterocycles. The largest absolute Gasteiger partial charge is 0.478 e. The first-order valence-corrected chi connectivity index (χ1v) is 11.3. The van der Waals surface area contributed by atoms with Crippen LogP contribution in [0.15, 0.2) is 39.5 Å². The van der Waals surface area contributed by atoms with Gasteiger partial charge in [-0.05, 0) is 49.8 Å². The predicted octanol–water partition coefficient (Wildman–Crippen LogP) is 5.88. The zero-order valence-electron chi connectivity index (χ0n) is 19.7. The van der Waals surface area contributed by atoms with Crippen LogP contribution in [-0.2, 0) is 0 Å². The van der Waals surface area contributed by atoms with Crippen molar-refractivity contribution in [3.63, 3.8) is 0 Å². The zero-order valence-corrected chi connectivity index (χ0v) is 19.7. The molecule has 0 spiro atoms. The number of aromatic carboxylic acids is 1. The number of fused-ring (bicyclic) bond motifs is 1. The third kappa shape index (κ3) is 4.62. The van der Waals surface area contributed by atoms with Gasteiger partial charge in [-0.3, -0.25) is 4.79 Å². The molecule has 4 rings (SSSR count). The minimum Gasteiger partial charge on any atom is -0.478 e. The third-order valence-electron chi connectivity index (χ3n) is 6.52. The monoisotopic (exact) mass is 470 g/mol. The molecule has 1 fully saturated rings. The summed E-state index contributed by atoms with van der Waals surface area (Å²) in [5.74, 6) is -3.09. The Bertz CT molecular complexity index is 1320. The van der Waals surface area contributed by atoms with Crippen LogP contribution in [0.5, 0.6) is 0 Å². The lowest BCUT2D eigenvalue weighted by atomic mass is 9.83. The second-order valence-electron chi connectivity index (χ2n) is 9.81. The van der Waals surface area contributed by atoms with E-state index in [9.17, 15) is 23.5 Å². The SMILES string of the molecule is Cc1cc(C(C)Nc2cc(F)cc(F)c2C(=O)O)c2oc(N3CCC(C)(C)CC3)cc(=O)c2c1. The maximum absolute atomic E-state index is 14.2. The van der Waals surface area contributed by atoms with Gasteiger partial charge < -0.3 is 19.7 Å². The number of piperidine rings is 1. The van der Waals surface area contributed by atoms with E-state index in [4.69, 9.17) is 4.42 Å². The van der Waals surface area contributed by atoms with Gasteiger partial charge in [0.05, 0.1) is 17.1 Å². The molecule has 2 heterocycles. The fraction of sp³-hybridized carbons (Fsp3) is 0.385. The second kappa shape index (κ2) is 8.74. The molecule has 2 N–H and O–H groups in total. The number of benzene rings is 2. The Labute approximate surface area is 196 Å². The quantitative estimate of drug-likeness (QED) is 0.485. The number of carboxylic acids is 1. The van der Waals surface area contributed by atoms with Gasteiger partial charge in [0, 0.05) is 30.8 Å². The molecule has 6 nitrogen and oxygen atoms in total. The van der Waals surface area contributed by atoms with Gasteiger partial charge in [-0.15, -0.1) is 0 Å². The highest BCUT2D eigenvalue weighted by Crippen LogP contribution is 2.35. The molecule has 3 aromatic rings. The Morgan fingerprint density at radius 3 is 2.47 bits per heavy atom. The van der Waals surface area contributed by atoms with E-state index < -0.39 is 29.2 Å². The topological polar surface area (TPSA) is 82.8 Å². The molecular formula is C26H28F2N2O4. The van der Waals surface area contributed by atoms with Gasteiger partial charge in [-0.1, -0.05) is 19.9 Å². The van der Waals surface area contributed by atoms with Gasteiger partial charge in [-0.25, -0.2) is 13.6 Å². The van der Waals surface area contributed by atoms with E-state index in [1.807, 2.05) is 13.0 Å². The van der Waals surface area contributed by atoms with Gasteiger partial charge in [0.2, 0.25) is 0 Å². The summed E-state index contributed by atoms with van der Waals surface area (Å²) >= 11 is 0. The summed E-state index contributed by atoms with van der Waals surface area (Å²) in [7, 11) is 0. The lowest BCUT2D eigenvalue weighted by Crippen LogP contribution is -2.37. The highest BCUT2D eigenvalue weighted by atomic mass is 19.1. The lowest BCUT2D eigenvalue weighted by molar-refractivity contribution is 0.0693. The van der Waals surface area contributed by atoms with Crippen LogP contribution in [0.3, 0.4) is 0 Å². The molecule has 1 unspecified atom stereocenters. The van der Waals surface area contributed by atoms with Gasteiger partial charge in [0.1, 0.15) is 22.8 Å². The van der Waals surface area contributed by atoms with Crippen LogP contribution in [0.4, 0.5) is 20.4 Å². The average Bonchev–Trinajstić information content (AvgIpc) is 2.72. The van der Waals surface area contributed by atoms with Crippen molar-refractivity contribution >= 4 is 28.5 Å². The molecule has 8 heteroatoms. The normalized spacial score (nSPS) is 16.5. The van der Waals surface area contributed by atoms with E-state index in [1.165, 1.54) is 6.07 Å². The van der Waals surface area contributed by atoms with Crippen LogP contribution >= 0.6 is 0 Å². The van der Waals surface area contributed by atoms with E-state index in [0.29, 0.717) is 28.5 Å². The number of aryl methyl sites for hydroxylation is 1. The first-order valence-electron chi connectivity index (χ1n) is 11.3. The van der Waals surface area contributed by atoms with Crippen molar-refractivity contribution < 1.29 is 23.1 Å². The number of anilines is 2. The Morgan fingerprint density at radius 2 is 1.82 bits per heavy atom. The number of carboxylic acid groups (broad SMARTS) is 1. The Morgan fingerprint density at radius 1 is 1.15 bits per heavy atom. The van der Waals surface area contributed by atoms with Gasteiger partial charge in [0.25, 0.3) is 0 Å². The zero-order chi connectivity index (χ0) is 24.8. The van der Waals surface area contributed by atoms with E-state index in [1.54, 1.807) is 13.0 Å². The van der Waals surface area contributed by atoms with Gasteiger partial charge in [-0.2, -0.15) is 0 Å². The summed E-state index contributed by atoms with van der Waals surface area (Å²) in [6, 6.07) is 5.94. The number of halogens is 2. The molecule has 34 heavy (non-hydrogen) atoms. The molecule has 1 aromatic heterocycles. The summed E-state index contributed by atoms with van der Waals surface area (Å²) in [6.07, 6.45) is 1.94. The van der Waals surface area contributed by atoms with Crippen molar-refractivity contribution in [3.05, 3.63) is 68.9 Å². The average molecular weight is 471 g/mol. The number of hydrogen-bond donors (Lipinski definition) is 2. The molecule has 1 aliphatic heterocycles. The molecule has 180 valence electrons. The number of hydrogen-bond acceptors (Lipinski definition) is 5. The summed E-state index contributed by atoms with van der Waals surface area (Å²) < 4.78 is 34.3. The number of rotatable bonds is 5. The van der Waals surface area contributed by atoms with Crippen molar-refractivity contribution in [2.75, 3.05) is 23.3 Å². The molecule has 0 bridgehead atoms. The van der Waals surface area contributed by atoms with E-state index in [-0.39, 0.29) is 16.5 Å². The van der Waals surface area contributed by atoms with E-state index in [0.717, 1.165) is 37.6 Å². The summed E-state index contributed by atoms with van der Waals surface area (Å²) in [5.41, 5.74) is 0.975. The number of carbonyl (C=O) groups is 1. The van der Waals surface area contributed by atoms with Crippen LogP contribution in [0.25, 0.3) is 11.0 Å². The van der Waals surface area contributed by atoms with E-state index in [2.05, 4.69) is 24.1 Å². The lowest BCUT2D eigenvalue weighted by Gasteiger charge is -2.37. The summed E-state index contributed by atoms with van der Waals surface area (Å²) in [5, 5.41) is 12.7. The van der Waals surface area contributed by atoms with Crippen LogP contribution in [0.2, 0.25) is 0 Å². The Hall–Kier alpha value is -3.42. The Balaban J connectivity index is 1.78. The van der Waals surface area contributed by atoms with Crippen molar-refractivity contribution in [2.24, 2.45) is 5.41 Å². The van der Waals surface area contributed by atoms with Crippen molar-refractivity contribution in [2.45, 2.75) is 46.6 Å². The minimum absolute atomic E-state index is 0.179. The standard InChI is InChI=1S/C26H28F2N2O4/c1-14-9-17(15(2)29-20-12-16(27)11-19(28)23(20)25(32)33)24-18(10-14)21(31)13-22(34-24)30-7-5-26(3,4)6-8-30/h9-13,15,29H,5-8H2,1-4H3,(H,32,33). The maximum Gasteiger partial charge on any atom is 0.340 e. The molecule has 1 atom stereocenters. The fourth-order valence-electron chi connectivity index (χ4n) is 4.45. The molecule has 2 aromatic carbocycles. The molecule has 0 amide bonds. The van der Waals surface area contributed by atoms with Crippen molar-refractivity contribution in [3.8, 4) is 0 Å². The number of nitrogens with one attached hydrogen (secondary N) is 1. The van der Waals surface area contributed by atoms with Crippen molar-refractivity contribution in [1.82, 2.24) is 0 Å². The Kier molecular flexibility index (Phi) is 6.10. The van der Waals surface area contributed by atoms with Crippen molar-refractivity contribution in [1.29, 1.82) is 0 Å².